The molecule has 1 fully saturated rings. The molecule has 1 aliphatic heterocycles. The average Bonchev–Trinajstić information content (AvgIpc) is 3.10. The fourth-order valence-electron chi connectivity index (χ4n) is 2.80. The van der Waals surface area contributed by atoms with Gasteiger partial charge in [-0.1, -0.05) is 36.9 Å². The molecule has 124 valence electrons. The van der Waals surface area contributed by atoms with Gasteiger partial charge in [0.1, 0.15) is 12.0 Å². The molecule has 6 nitrogen and oxygen atoms in total. The quantitative estimate of drug-likeness (QED) is 0.877. The Morgan fingerprint density at radius 3 is 2.88 bits per heavy atom. The van der Waals surface area contributed by atoms with Gasteiger partial charge in [0.05, 0.1) is 5.92 Å². The van der Waals surface area contributed by atoms with Crippen LogP contribution in [0.4, 0.5) is 6.01 Å². The van der Waals surface area contributed by atoms with Crippen LogP contribution in [0.1, 0.15) is 12.8 Å². The summed E-state index contributed by atoms with van der Waals surface area (Å²) in [6.45, 7) is 4.54. The highest BCUT2D eigenvalue weighted by Crippen LogP contribution is 2.22. The molecule has 1 N–H and O–H groups in total. The van der Waals surface area contributed by atoms with Crippen molar-refractivity contribution in [3.05, 3.63) is 49.2 Å². The molecule has 0 bridgehead atoms. The molecule has 0 saturated carbocycles. The molecular formula is C18H19N3O3. The highest BCUT2D eigenvalue weighted by molar-refractivity contribution is 5.92. The number of hydrogen-bond donors (Lipinski definition) is 1. The van der Waals surface area contributed by atoms with E-state index >= 15 is 0 Å². The maximum atomic E-state index is 12.4. The Kier molecular flexibility index (Phi) is 4.74. The van der Waals surface area contributed by atoms with Crippen molar-refractivity contribution in [2.45, 2.75) is 12.8 Å². The zero-order valence-electron chi connectivity index (χ0n) is 13.3. The van der Waals surface area contributed by atoms with Crippen LogP contribution in [0.3, 0.4) is 0 Å². The fraction of sp³-hybridized carbons (Fsp3) is 0.278. The van der Waals surface area contributed by atoms with Crippen LogP contribution in [0.25, 0.3) is 11.3 Å². The first-order chi connectivity index (χ1) is 11.7. The molecule has 0 radical (unpaired) electrons. The van der Waals surface area contributed by atoms with Gasteiger partial charge in [-0.3, -0.25) is 14.9 Å². The first-order valence-corrected chi connectivity index (χ1v) is 7.90. The fourth-order valence-corrected chi connectivity index (χ4v) is 2.80. The third-order valence-electron chi connectivity index (χ3n) is 4.08. The number of carbonyl (C=O) groups is 2. The van der Waals surface area contributed by atoms with E-state index in [1.54, 1.807) is 4.90 Å². The van der Waals surface area contributed by atoms with Gasteiger partial charge in [-0.2, -0.15) is 4.98 Å². The van der Waals surface area contributed by atoms with Crippen molar-refractivity contribution in [3.8, 4) is 11.3 Å². The summed E-state index contributed by atoms with van der Waals surface area (Å²) in [5, 5.41) is 2.70. The average molecular weight is 325 g/mol. The van der Waals surface area contributed by atoms with Crippen molar-refractivity contribution in [2.75, 3.05) is 18.4 Å². The summed E-state index contributed by atoms with van der Waals surface area (Å²) >= 11 is 0. The van der Waals surface area contributed by atoms with E-state index in [0.717, 1.165) is 18.4 Å². The van der Waals surface area contributed by atoms with Gasteiger partial charge in [-0.05, 0) is 18.9 Å². The molecular weight excluding hydrogens is 306 g/mol. The van der Waals surface area contributed by atoms with Crippen LogP contribution in [0.2, 0.25) is 0 Å². The van der Waals surface area contributed by atoms with Crippen LogP contribution < -0.4 is 5.32 Å². The van der Waals surface area contributed by atoms with E-state index in [1.807, 2.05) is 30.3 Å². The largest absolute Gasteiger partial charge is 0.431 e. The number of carbonyl (C=O) groups excluding carboxylic acids is 2. The molecule has 0 aliphatic carbocycles. The Balaban J connectivity index is 1.64. The Labute approximate surface area is 140 Å². The summed E-state index contributed by atoms with van der Waals surface area (Å²) in [4.78, 5) is 30.0. The lowest BCUT2D eigenvalue weighted by molar-refractivity contribution is -0.130. The van der Waals surface area contributed by atoms with Crippen LogP contribution in [0.15, 0.2) is 53.7 Å². The Morgan fingerprint density at radius 1 is 1.33 bits per heavy atom. The summed E-state index contributed by atoms with van der Waals surface area (Å²) in [6, 6.07) is 9.76. The predicted octanol–water partition coefficient (Wildman–Crippen LogP) is 2.70. The zero-order chi connectivity index (χ0) is 16.9. The Morgan fingerprint density at radius 2 is 2.12 bits per heavy atom. The monoisotopic (exact) mass is 325 g/mol. The SMILES string of the molecule is C=CC(=O)N1CCC[C@@H](C(=O)Nc2nc(-c3ccccc3)co2)C1. The molecule has 3 rings (SSSR count). The van der Waals surface area contributed by atoms with Crippen LogP contribution in [-0.2, 0) is 9.59 Å². The highest BCUT2D eigenvalue weighted by Gasteiger charge is 2.28. The van der Waals surface area contributed by atoms with Crippen molar-refractivity contribution in [1.82, 2.24) is 9.88 Å². The lowest BCUT2D eigenvalue weighted by Gasteiger charge is -2.30. The van der Waals surface area contributed by atoms with Crippen LogP contribution >= 0.6 is 0 Å². The summed E-state index contributed by atoms with van der Waals surface area (Å²) in [5.74, 6) is -0.595. The van der Waals surface area contributed by atoms with Gasteiger partial charge in [0.2, 0.25) is 11.8 Å². The molecule has 1 saturated heterocycles. The number of hydrogen-bond acceptors (Lipinski definition) is 4. The van der Waals surface area contributed by atoms with E-state index in [0.29, 0.717) is 18.8 Å². The minimum Gasteiger partial charge on any atom is -0.431 e. The summed E-state index contributed by atoms with van der Waals surface area (Å²) in [5.41, 5.74) is 1.58. The summed E-state index contributed by atoms with van der Waals surface area (Å²) in [6.07, 6.45) is 4.32. The smallest absolute Gasteiger partial charge is 0.301 e. The van der Waals surface area contributed by atoms with E-state index in [-0.39, 0.29) is 23.7 Å². The summed E-state index contributed by atoms with van der Waals surface area (Å²) < 4.78 is 5.34. The first-order valence-electron chi connectivity index (χ1n) is 7.90. The number of nitrogens with zero attached hydrogens (tertiary/aromatic N) is 2. The molecule has 1 aliphatic rings. The molecule has 1 atom stereocenters. The van der Waals surface area contributed by atoms with Gasteiger partial charge in [-0.15, -0.1) is 0 Å². The molecule has 0 unspecified atom stereocenters. The van der Waals surface area contributed by atoms with Gasteiger partial charge in [0.25, 0.3) is 0 Å². The minimum atomic E-state index is -0.269. The van der Waals surface area contributed by atoms with Gasteiger partial charge in [0, 0.05) is 18.7 Å². The lowest BCUT2D eigenvalue weighted by Crippen LogP contribution is -2.43. The molecule has 6 heteroatoms. The zero-order valence-corrected chi connectivity index (χ0v) is 13.3. The number of piperidine rings is 1. The number of rotatable bonds is 4. The maximum Gasteiger partial charge on any atom is 0.301 e. The molecule has 2 aromatic rings. The second-order valence-electron chi connectivity index (χ2n) is 5.72. The minimum absolute atomic E-state index is 0.144. The molecule has 1 aromatic heterocycles. The van der Waals surface area contributed by atoms with Gasteiger partial charge >= 0.3 is 6.01 Å². The number of anilines is 1. The topological polar surface area (TPSA) is 75.4 Å². The van der Waals surface area contributed by atoms with Gasteiger partial charge < -0.3 is 9.32 Å². The molecule has 0 spiro atoms. The Bertz CT molecular complexity index is 739. The van der Waals surface area contributed by atoms with Crippen molar-refractivity contribution in [2.24, 2.45) is 5.92 Å². The van der Waals surface area contributed by atoms with E-state index in [9.17, 15) is 9.59 Å². The molecule has 2 amide bonds. The standard InChI is InChI=1S/C18H19N3O3/c1-2-16(22)21-10-6-9-14(11-21)17(23)20-18-19-15(12-24-18)13-7-4-3-5-8-13/h2-5,7-8,12,14H,1,6,9-11H2,(H,19,20,23)/t14-/m1/s1. The van der Waals surface area contributed by atoms with Crippen LogP contribution in [0, 0.1) is 5.92 Å². The van der Waals surface area contributed by atoms with E-state index < -0.39 is 0 Å². The van der Waals surface area contributed by atoms with Crippen molar-refractivity contribution in [3.63, 3.8) is 0 Å². The lowest BCUT2D eigenvalue weighted by atomic mass is 9.97. The number of likely N-dealkylation sites (tertiary alicyclic amines) is 1. The third kappa shape index (κ3) is 3.53. The number of aromatic nitrogens is 1. The predicted molar refractivity (Wildman–Crippen MR) is 90.1 cm³/mol. The number of nitrogens with one attached hydrogen (secondary N) is 1. The van der Waals surface area contributed by atoms with Crippen molar-refractivity contribution in [1.29, 1.82) is 0 Å². The van der Waals surface area contributed by atoms with Gasteiger partial charge in [0.15, 0.2) is 0 Å². The third-order valence-corrected chi connectivity index (χ3v) is 4.08. The Hall–Kier alpha value is -2.89. The van der Waals surface area contributed by atoms with Crippen LogP contribution in [0.5, 0.6) is 0 Å². The summed E-state index contributed by atoms with van der Waals surface area (Å²) in [7, 11) is 0. The van der Waals surface area contributed by atoms with Crippen molar-refractivity contribution >= 4 is 17.8 Å². The molecule has 24 heavy (non-hydrogen) atoms. The van der Waals surface area contributed by atoms with E-state index in [1.165, 1.54) is 12.3 Å². The second kappa shape index (κ2) is 7.12. The van der Waals surface area contributed by atoms with Gasteiger partial charge in [-0.25, -0.2) is 0 Å². The number of amides is 2. The first kappa shape index (κ1) is 16.0. The van der Waals surface area contributed by atoms with E-state index in [4.69, 9.17) is 4.42 Å². The van der Waals surface area contributed by atoms with Crippen molar-refractivity contribution < 1.29 is 14.0 Å². The molecule has 2 heterocycles. The number of oxazole rings is 1. The molecule has 1 aromatic carbocycles. The second-order valence-corrected chi connectivity index (χ2v) is 5.72. The van der Waals surface area contributed by atoms with Crippen LogP contribution in [-0.4, -0.2) is 34.8 Å². The normalized spacial score (nSPS) is 17.3. The number of benzene rings is 1. The highest BCUT2D eigenvalue weighted by atomic mass is 16.4. The van der Waals surface area contributed by atoms with E-state index in [2.05, 4.69) is 16.9 Å². The maximum absolute atomic E-state index is 12.4.